The van der Waals surface area contributed by atoms with Crippen LogP contribution in [0.2, 0.25) is 0 Å². The number of ketones is 1. The number of fused-ring (bicyclic) bond motifs is 1. The third-order valence-electron chi connectivity index (χ3n) is 3.47. The molecule has 108 valence electrons. The molecule has 2 aromatic rings. The first-order valence-corrected chi connectivity index (χ1v) is 7.09. The summed E-state index contributed by atoms with van der Waals surface area (Å²) in [7, 11) is 0. The van der Waals surface area contributed by atoms with Crippen molar-refractivity contribution in [3.05, 3.63) is 35.1 Å². The van der Waals surface area contributed by atoms with Crippen molar-refractivity contribution in [1.29, 1.82) is 0 Å². The molecule has 2 nitrogen and oxygen atoms in total. The molecule has 1 heterocycles. The molecule has 0 aliphatic rings. The Morgan fingerprint density at radius 1 is 1.00 bits per heavy atom. The van der Waals surface area contributed by atoms with E-state index in [0.717, 1.165) is 16.5 Å². The van der Waals surface area contributed by atoms with E-state index in [0.29, 0.717) is 5.76 Å². The molecule has 0 aliphatic heterocycles. The van der Waals surface area contributed by atoms with Gasteiger partial charge in [-0.2, -0.15) is 0 Å². The van der Waals surface area contributed by atoms with Crippen molar-refractivity contribution in [2.75, 3.05) is 0 Å². The maximum Gasteiger partial charge on any atom is 0.203 e. The highest BCUT2D eigenvalue weighted by Crippen LogP contribution is 2.34. The number of carbonyl (C=O) groups excluding carboxylic acids is 1. The third kappa shape index (κ3) is 2.65. The van der Waals surface area contributed by atoms with E-state index >= 15 is 0 Å². The van der Waals surface area contributed by atoms with E-state index in [1.807, 2.05) is 26.8 Å². The van der Waals surface area contributed by atoms with Gasteiger partial charge in [0.2, 0.25) is 5.78 Å². The smallest absolute Gasteiger partial charge is 0.203 e. The van der Waals surface area contributed by atoms with Crippen molar-refractivity contribution in [1.82, 2.24) is 0 Å². The second-order valence-corrected chi connectivity index (χ2v) is 7.67. The number of rotatable bonds is 1. The fraction of sp³-hybridized carbons (Fsp3) is 0.500. The fourth-order valence-corrected chi connectivity index (χ4v) is 2.34. The molecule has 2 rings (SSSR count). The van der Waals surface area contributed by atoms with Gasteiger partial charge in [-0.05, 0) is 30.0 Å². The quantitative estimate of drug-likeness (QED) is 0.662. The van der Waals surface area contributed by atoms with Crippen LogP contribution in [-0.4, -0.2) is 5.78 Å². The highest BCUT2D eigenvalue weighted by molar-refractivity contribution is 6.01. The average molecular weight is 272 g/mol. The molecule has 20 heavy (non-hydrogen) atoms. The number of carbonyl (C=O) groups is 1. The highest BCUT2D eigenvalue weighted by atomic mass is 16.3. The van der Waals surface area contributed by atoms with Gasteiger partial charge in [-0.3, -0.25) is 4.79 Å². The Labute approximate surface area is 121 Å². The second kappa shape index (κ2) is 4.47. The first-order chi connectivity index (χ1) is 9.00. The van der Waals surface area contributed by atoms with Gasteiger partial charge >= 0.3 is 0 Å². The largest absolute Gasteiger partial charge is 0.453 e. The summed E-state index contributed by atoms with van der Waals surface area (Å²) < 4.78 is 5.92. The Bertz CT molecular complexity index is 661. The number of Topliss-reactive ketones (excluding diaryl/α,β-unsaturated/α-hetero) is 1. The highest BCUT2D eigenvalue weighted by Gasteiger charge is 2.28. The SMILES string of the molecule is Cc1cc(C(C)(C)C)c2oc(C(=O)C(C)(C)C)cc2c1. The molecule has 1 aromatic heterocycles. The van der Waals surface area contributed by atoms with Gasteiger partial charge in [-0.25, -0.2) is 0 Å². The van der Waals surface area contributed by atoms with Crippen LogP contribution in [-0.2, 0) is 5.41 Å². The van der Waals surface area contributed by atoms with Gasteiger partial charge < -0.3 is 4.42 Å². The number of hydrogen-bond acceptors (Lipinski definition) is 2. The van der Waals surface area contributed by atoms with Crippen LogP contribution in [0.15, 0.2) is 22.6 Å². The van der Waals surface area contributed by atoms with Crippen molar-refractivity contribution in [2.45, 2.75) is 53.9 Å². The van der Waals surface area contributed by atoms with Crippen LogP contribution in [0.5, 0.6) is 0 Å². The van der Waals surface area contributed by atoms with Crippen molar-refractivity contribution >= 4 is 16.8 Å². The number of benzene rings is 1. The van der Waals surface area contributed by atoms with Crippen molar-refractivity contribution in [3.63, 3.8) is 0 Å². The van der Waals surface area contributed by atoms with Gasteiger partial charge in [-0.15, -0.1) is 0 Å². The first kappa shape index (κ1) is 14.8. The molecule has 0 spiro atoms. The summed E-state index contributed by atoms with van der Waals surface area (Å²) in [6, 6.07) is 6.11. The van der Waals surface area contributed by atoms with Crippen LogP contribution in [0.3, 0.4) is 0 Å². The molecule has 0 unspecified atom stereocenters. The molecule has 0 saturated heterocycles. The standard InChI is InChI=1S/C18H24O2/c1-11-8-12-10-14(16(19)18(5,6)7)20-15(12)13(9-11)17(2,3)4/h8-10H,1-7H3. The van der Waals surface area contributed by atoms with Gasteiger partial charge in [0.05, 0.1) is 0 Å². The van der Waals surface area contributed by atoms with Crippen LogP contribution < -0.4 is 0 Å². The summed E-state index contributed by atoms with van der Waals surface area (Å²) in [6.45, 7) is 14.3. The lowest BCUT2D eigenvalue weighted by Gasteiger charge is -2.20. The minimum Gasteiger partial charge on any atom is -0.453 e. The van der Waals surface area contributed by atoms with Crippen molar-refractivity contribution in [3.8, 4) is 0 Å². The Balaban J connectivity index is 2.69. The van der Waals surface area contributed by atoms with Crippen LogP contribution in [0.4, 0.5) is 0 Å². The van der Waals surface area contributed by atoms with E-state index in [4.69, 9.17) is 4.42 Å². The zero-order valence-corrected chi connectivity index (χ0v) is 13.5. The van der Waals surface area contributed by atoms with E-state index in [1.165, 1.54) is 5.56 Å². The van der Waals surface area contributed by atoms with E-state index in [-0.39, 0.29) is 11.2 Å². The molecule has 0 saturated carbocycles. The zero-order valence-electron chi connectivity index (χ0n) is 13.5. The molecule has 0 amide bonds. The molecule has 2 heteroatoms. The van der Waals surface area contributed by atoms with Crippen molar-refractivity contribution in [2.24, 2.45) is 5.41 Å². The molecular formula is C18H24O2. The Kier molecular flexibility index (Phi) is 3.32. The normalized spacial score (nSPS) is 12.9. The summed E-state index contributed by atoms with van der Waals surface area (Å²) in [4.78, 5) is 12.4. The zero-order chi connectivity index (χ0) is 15.3. The summed E-state index contributed by atoms with van der Waals surface area (Å²) in [6.07, 6.45) is 0. The maximum absolute atomic E-state index is 12.4. The number of furan rings is 1. The summed E-state index contributed by atoms with van der Waals surface area (Å²) in [5, 5.41) is 1.02. The minimum atomic E-state index is -0.426. The Morgan fingerprint density at radius 2 is 1.60 bits per heavy atom. The summed E-state index contributed by atoms with van der Waals surface area (Å²) >= 11 is 0. The van der Waals surface area contributed by atoms with Gasteiger partial charge in [0.1, 0.15) is 5.58 Å². The molecule has 1 aromatic carbocycles. The van der Waals surface area contributed by atoms with Gasteiger partial charge in [0.25, 0.3) is 0 Å². The van der Waals surface area contributed by atoms with Gasteiger partial charge in [0, 0.05) is 16.4 Å². The molecule has 0 atom stereocenters. The third-order valence-corrected chi connectivity index (χ3v) is 3.47. The van der Waals surface area contributed by atoms with E-state index in [1.54, 1.807) is 0 Å². The molecule has 0 bridgehead atoms. The lowest BCUT2D eigenvalue weighted by atomic mass is 9.85. The van der Waals surface area contributed by atoms with Gasteiger partial charge in [-0.1, -0.05) is 47.6 Å². The molecule has 0 fully saturated rings. The monoisotopic (exact) mass is 272 g/mol. The predicted molar refractivity (Wildman–Crippen MR) is 83.4 cm³/mol. The fourth-order valence-electron chi connectivity index (χ4n) is 2.34. The van der Waals surface area contributed by atoms with Crippen LogP contribution in [0.1, 0.15) is 63.2 Å². The van der Waals surface area contributed by atoms with E-state index < -0.39 is 5.41 Å². The second-order valence-electron chi connectivity index (χ2n) is 7.67. The average Bonchev–Trinajstić information content (AvgIpc) is 2.67. The maximum atomic E-state index is 12.4. The van der Waals surface area contributed by atoms with Gasteiger partial charge in [0.15, 0.2) is 5.76 Å². The van der Waals surface area contributed by atoms with Crippen LogP contribution in [0.25, 0.3) is 11.0 Å². The lowest BCUT2D eigenvalue weighted by Crippen LogP contribution is -2.19. The molecule has 0 radical (unpaired) electrons. The number of hydrogen-bond donors (Lipinski definition) is 0. The van der Waals surface area contributed by atoms with E-state index in [2.05, 4.69) is 39.8 Å². The summed E-state index contributed by atoms with van der Waals surface area (Å²) in [5.41, 5.74) is 2.75. The first-order valence-electron chi connectivity index (χ1n) is 7.09. The van der Waals surface area contributed by atoms with Crippen LogP contribution in [0, 0.1) is 12.3 Å². The topological polar surface area (TPSA) is 30.2 Å². The minimum absolute atomic E-state index is 0.00975. The predicted octanol–water partition coefficient (Wildman–Crippen LogP) is 5.27. The van der Waals surface area contributed by atoms with Crippen LogP contribution >= 0.6 is 0 Å². The Hall–Kier alpha value is -1.57. The van der Waals surface area contributed by atoms with Crippen molar-refractivity contribution < 1.29 is 9.21 Å². The molecular weight excluding hydrogens is 248 g/mol. The molecule has 0 N–H and O–H groups in total. The molecule has 0 aliphatic carbocycles. The summed E-state index contributed by atoms with van der Waals surface area (Å²) in [5.74, 6) is 0.509. The lowest BCUT2D eigenvalue weighted by molar-refractivity contribution is 0.0830. The van der Waals surface area contributed by atoms with E-state index in [9.17, 15) is 4.79 Å². The number of aryl methyl sites for hydroxylation is 1. The Morgan fingerprint density at radius 3 is 2.10 bits per heavy atom.